The largest absolute Gasteiger partial charge is 0.344 e. The van der Waals surface area contributed by atoms with Crippen molar-refractivity contribution in [2.45, 2.75) is 20.8 Å². The molecule has 0 spiro atoms. The predicted molar refractivity (Wildman–Crippen MR) is 48.3 cm³/mol. The molecule has 0 aromatic heterocycles. The first-order valence-electron chi connectivity index (χ1n) is 3.82. The van der Waals surface area contributed by atoms with E-state index in [2.05, 4.69) is 30.7 Å². The smallest absolute Gasteiger partial charge is 0.103 e. The van der Waals surface area contributed by atoms with Crippen molar-refractivity contribution in [3.8, 4) is 0 Å². The van der Waals surface area contributed by atoms with Crippen molar-refractivity contribution >= 4 is 5.84 Å². The topological polar surface area (TPSA) is 24.4 Å². The Labute approximate surface area is 67.7 Å². The van der Waals surface area contributed by atoms with E-state index in [4.69, 9.17) is 0 Å². The van der Waals surface area contributed by atoms with Crippen molar-refractivity contribution in [1.82, 2.24) is 5.32 Å². The van der Waals surface area contributed by atoms with Crippen molar-refractivity contribution in [3.05, 3.63) is 24.0 Å². The highest BCUT2D eigenvalue weighted by Gasteiger charge is 2.07. The van der Waals surface area contributed by atoms with E-state index in [1.54, 1.807) is 0 Å². The van der Waals surface area contributed by atoms with Gasteiger partial charge in [0.15, 0.2) is 0 Å². The molecule has 2 heteroatoms. The second kappa shape index (κ2) is 2.91. The van der Waals surface area contributed by atoms with E-state index in [1.165, 1.54) is 0 Å². The third kappa shape index (κ3) is 1.93. The zero-order valence-electron chi connectivity index (χ0n) is 7.31. The van der Waals surface area contributed by atoms with Gasteiger partial charge in [0.05, 0.1) is 0 Å². The molecule has 11 heavy (non-hydrogen) atoms. The van der Waals surface area contributed by atoms with Crippen LogP contribution in [0.5, 0.6) is 0 Å². The third-order valence-corrected chi connectivity index (χ3v) is 1.55. The predicted octanol–water partition coefficient (Wildman–Crippen LogP) is 2.06. The second-order valence-corrected chi connectivity index (χ2v) is 3.07. The molecule has 0 bridgehead atoms. The molecule has 1 aliphatic heterocycles. The van der Waals surface area contributed by atoms with Gasteiger partial charge in [-0.25, -0.2) is 4.99 Å². The van der Waals surface area contributed by atoms with Gasteiger partial charge in [0.25, 0.3) is 0 Å². The summed E-state index contributed by atoms with van der Waals surface area (Å²) >= 11 is 0. The van der Waals surface area contributed by atoms with Crippen LogP contribution < -0.4 is 5.32 Å². The summed E-state index contributed by atoms with van der Waals surface area (Å²) in [7, 11) is 0. The normalized spacial score (nSPS) is 17.6. The summed E-state index contributed by atoms with van der Waals surface area (Å²) in [6, 6.07) is 0. The lowest BCUT2D eigenvalue weighted by Crippen LogP contribution is -2.22. The van der Waals surface area contributed by atoms with Gasteiger partial charge in [-0.1, -0.05) is 20.4 Å². The molecule has 0 saturated carbocycles. The molecular formula is C9H14N2. The van der Waals surface area contributed by atoms with Crippen LogP contribution in [0.3, 0.4) is 0 Å². The number of aliphatic imine (C=N–C) groups is 1. The first-order chi connectivity index (χ1) is 5.09. The molecule has 0 aliphatic carbocycles. The first kappa shape index (κ1) is 8.05. The number of nitrogens with one attached hydrogen (secondary N) is 1. The number of allylic oxidation sites excluding steroid dienone is 2. The van der Waals surface area contributed by atoms with E-state index >= 15 is 0 Å². The molecular weight excluding hydrogens is 136 g/mol. The Morgan fingerprint density at radius 2 is 2.18 bits per heavy atom. The summed E-state index contributed by atoms with van der Waals surface area (Å²) in [6.07, 6.45) is 1.98. The van der Waals surface area contributed by atoms with Gasteiger partial charge in [-0.15, -0.1) is 0 Å². The summed E-state index contributed by atoms with van der Waals surface area (Å²) in [5.41, 5.74) is 2.03. The number of nitrogens with zero attached hydrogens (tertiary/aromatic N) is 1. The van der Waals surface area contributed by atoms with Gasteiger partial charge in [0.1, 0.15) is 5.84 Å². The molecule has 0 aromatic carbocycles. The average molecular weight is 150 g/mol. The Balaban J connectivity index is 2.87. The molecule has 1 N–H and O–H groups in total. The van der Waals surface area contributed by atoms with Crippen LogP contribution in [0.4, 0.5) is 0 Å². The highest BCUT2D eigenvalue weighted by molar-refractivity contribution is 5.83. The quantitative estimate of drug-likeness (QED) is 0.608. The Kier molecular flexibility index (Phi) is 2.13. The van der Waals surface area contributed by atoms with Gasteiger partial charge in [-0.3, -0.25) is 0 Å². The third-order valence-electron chi connectivity index (χ3n) is 1.55. The number of amidine groups is 1. The minimum absolute atomic E-state index is 0.476. The zero-order valence-corrected chi connectivity index (χ0v) is 7.31. The molecule has 0 unspecified atom stereocenters. The number of hydrogen-bond acceptors (Lipinski definition) is 2. The summed E-state index contributed by atoms with van der Waals surface area (Å²) < 4.78 is 0. The van der Waals surface area contributed by atoms with Crippen LogP contribution in [0.1, 0.15) is 20.8 Å². The van der Waals surface area contributed by atoms with Crippen LogP contribution >= 0.6 is 0 Å². The fourth-order valence-corrected chi connectivity index (χ4v) is 0.997. The van der Waals surface area contributed by atoms with Crippen LogP contribution in [0.2, 0.25) is 0 Å². The minimum Gasteiger partial charge on any atom is -0.344 e. The van der Waals surface area contributed by atoms with E-state index in [0.717, 1.165) is 17.2 Å². The molecule has 0 aromatic rings. The SMILES string of the molecule is C=C1C=C(C(C)C)N=C(C)N1. The van der Waals surface area contributed by atoms with Gasteiger partial charge in [-0.05, 0) is 18.9 Å². The molecule has 0 radical (unpaired) electrons. The number of hydrogen-bond donors (Lipinski definition) is 1. The highest BCUT2D eigenvalue weighted by atomic mass is 15.0. The van der Waals surface area contributed by atoms with E-state index in [9.17, 15) is 0 Å². The monoisotopic (exact) mass is 150 g/mol. The van der Waals surface area contributed by atoms with Gasteiger partial charge in [-0.2, -0.15) is 0 Å². The fraction of sp³-hybridized carbons (Fsp3) is 0.444. The van der Waals surface area contributed by atoms with Crippen LogP contribution in [0.25, 0.3) is 0 Å². The average Bonchev–Trinajstić information content (AvgIpc) is 1.85. The van der Waals surface area contributed by atoms with Crippen molar-refractivity contribution in [3.63, 3.8) is 0 Å². The standard InChI is InChI=1S/C9H14N2/c1-6(2)9-5-7(3)10-8(4)11-9/h5-6H,3H2,1-2,4H3,(H,10,11). The van der Waals surface area contributed by atoms with Crippen LogP contribution in [0, 0.1) is 5.92 Å². The lowest BCUT2D eigenvalue weighted by molar-refractivity contribution is 0.748. The van der Waals surface area contributed by atoms with Gasteiger partial charge in [0.2, 0.25) is 0 Å². The Morgan fingerprint density at radius 3 is 2.64 bits per heavy atom. The van der Waals surface area contributed by atoms with E-state index in [-0.39, 0.29) is 0 Å². The fourth-order valence-electron chi connectivity index (χ4n) is 0.997. The van der Waals surface area contributed by atoms with Gasteiger partial charge in [0, 0.05) is 11.4 Å². The maximum absolute atomic E-state index is 4.34. The van der Waals surface area contributed by atoms with Crippen molar-refractivity contribution in [2.24, 2.45) is 10.9 Å². The van der Waals surface area contributed by atoms with E-state index in [1.807, 2.05) is 13.0 Å². The van der Waals surface area contributed by atoms with Crippen LogP contribution in [-0.4, -0.2) is 5.84 Å². The number of rotatable bonds is 1. The molecule has 2 nitrogen and oxygen atoms in total. The molecule has 1 heterocycles. The van der Waals surface area contributed by atoms with Gasteiger partial charge < -0.3 is 5.32 Å². The summed E-state index contributed by atoms with van der Waals surface area (Å²) in [4.78, 5) is 4.34. The van der Waals surface area contributed by atoms with Crippen LogP contribution in [0.15, 0.2) is 29.0 Å². The maximum atomic E-state index is 4.34. The van der Waals surface area contributed by atoms with Crippen LogP contribution in [-0.2, 0) is 0 Å². The first-order valence-corrected chi connectivity index (χ1v) is 3.82. The lowest BCUT2D eigenvalue weighted by atomic mass is 10.1. The van der Waals surface area contributed by atoms with E-state index in [0.29, 0.717) is 5.92 Å². The molecule has 0 fully saturated rings. The summed E-state index contributed by atoms with van der Waals surface area (Å²) in [6.45, 7) is 10.0. The molecule has 0 amide bonds. The summed E-state index contributed by atoms with van der Waals surface area (Å²) in [5.74, 6) is 1.41. The molecule has 1 rings (SSSR count). The maximum Gasteiger partial charge on any atom is 0.103 e. The highest BCUT2D eigenvalue weighted by Crippen LogP contribution is 2.15. The summed E-state index contributed by atoms with van der Waals surface area (Å²) in [5, 5.41) is 3.04. The molecule has 1 aliphatic rings. The second-order valence-electron chi connectivity index (χ2n) is 3.07. The Hall–Kier alpha value is -1.05. The minimum atomic E-state index is 0.476. The zero-order chi connectivity index (χ0) is 8.43. The van der Waals surface area contributed by atoms with E-state index < -0.39 is 0 Å². The Morgan fingerprint density at radius 1 is 1.55 bits per heavy atom. The van der Waals surface area contributed by atoms with Crippen molar-refractivity contribution in [2.75, 3.05) is 0 Å². The lowest BCUT2D eigenvalue weighted by Gasteiger charge is -2.15. The molecule has 0 saturated heterocycles. The van der Waals surface area contributed by atoms with Crippen molar-refractivity contribution in [1.29, 1.82) is 0 Å². The van der Waals surface area contributed by atoms with Crippen molar-refractivity contribution < 1.29 is 0 Å². The van der Waals surface area contributed by atoms with Gasteiger partial charge >= 0.3 is 0 Å². The molecule has 60 valence electrons. The Bertz CT molecular complexity index is 234. The molecule has 0 atom stereocenters.